The maximum atomic E-state index is 12.4. The minimum atomic E-state index is -0.472. The lowest BCUT2D eigenvalue weighted by Crippen LogP contribution is -2.44. The van der Waals surface area contributed by atoms with E-state index in [0.29, 0.717) is 6.61 Å². The van der Waals surface area contributed by atoms with Crippen molar-refractivity contribution in [2.75, 3.05) is 13.2 Å². The van der Waals surface area contributed by atoms with Crippen LogP contribution in [0.2, 0.25) is 0 Å². The highest BCUT2D eigenvalue weighted by molar-refractivity contribution is 5.77. The number of esters is 1. The van der Waals surface area contributed by atoms with Crippen LogP contribution >= 0.6 is 0 Å². The molecular formula is C15H28O3. The molecule has 1 saturated heterocycles. The van der Waals surface area contributed by atoms with Crippen molar-refractivity contribution in [1.82, 2.24) is 0 Å². The van der Waals surface area contributed by atoms with Crippen molar-refractivity contribution >= 4 is 5.97 Å². The average Bonchev–Trinajstić information content (AvgIpc) is 2.92. The third-order valence-corrected chi connectivity index (χ3v) is 3.79. The zero-order valence-corrected chi connectivity index (χ0v) is 12.9. The fraction of sp³-hybridized carbons (Fsp3) is 0.933. The average molecular weight is 256 g/mol. The van der Waals surface area contributed by atoms with Crippen LogP contribution < -0.4 is 0 Å². The summed E-state index contributed by atoms with van der Waals surface area (Å²) in [4.78, 5) is 12.4. The molecule has 0 N–H and O–H groups in total. The Kier molecular flexibility index (Phi) is 4.16. The van der Waals surface area contributed by atoms with Gasteiger partial charge in [0.05, 0.1) is 12.0 Å². The summed E-state index contributed by atoms with van der Waals surface area (Å²) in [6.07, 6.45) is 0.946. The molecular weight excluding hydrogens is 228 g/mol. The largest absolute Gasteiger partial charge is 0.462 e. The summed E-state index contributed by atoms with van der Waals surface area (Å²) in [6, 6.07) is 0. The van der Waals surface area contributed by atoms with E-state index in [1.165, 1.54) is 0 Å². The quantitative estimate of drug-likeness (QED) is 0.571. The number of carbonyl (C=O) groups excluding carboxylic acids is 1. The Morgan fingerprint density at radius 2 is 1.67 bits per heavy atom. The Bertz CT molecular complexity index is 305. The van der Waals surface area contributed by atoms with Gasteiger partial charge < -0.3 is 9.47 Å². The van der Waals surface area contributed by atoms with Crippen LogP contribution in [0, 0.1) is 16.2 Å². The number of carbonyl (C=O) groups is 1. The number of rotatable bonds is 4. The van der Waals surface area contributed by atoms with Crippen molar-refractivity contribution in [1.29, 1.82) is 0 Å². The van der Waals surface area contributed by atoms with Crippen molar-refractivity contribution in [2.24, 2.45) is 16.2 Å². The number of hydrogen-bond acceptors (Lipinski definition) is 3. The predicted molar refractivity (Wildman–Crippen MR) is 72.3 cm³/mol. The van der Waals surface area contributed by atoms with Gasteiger partial charge in [0.25, 0.3) is 0 Å². The molecule has 0 radical (unpaired) electrons. The molecule has 1 fully saturated rings. The molecule has 0 saturated carbocycles. The molecule has 106 valence electrons. The van der Waals surface area contributed by atoms with E-state index in [-0.39, 0.29) is 22.9 Å². The van der Waals surface area contributed by atoms with Crippen LogP contribution in [0.15, 0.2) is 0 Å². The molecule has 1 heterocycles. The Balaban J connectivity index is 2.78. The SMILES string of the molecule is CC(C)(C)CC(C)(C(=O)OCC1CO1)C(C)(C)C. The molecule has 0 aromatic heterocycles. The van der Waals surface area contributed by atoms with Crippen LogP contribution in [-0.4, -0.2) is 25.3 Å². The highest BCUT2D eigenvalue weighted by atomic mass is 16.6. The number of epoxide rings is 1. The van der Waals surface area contributed by atoms with E-state index in [1.54, 1.807) is 0 Å². The summed E-state index contributed by atoms with van der Waals surface area (Å²) in [5.74, 6) is -0.0968. The fourth-order valence-corrected chi connectivity index (χ4v) is 2.20. The minimum Gasteiger partial charge on any atom is -0.462 e. The summed E-state index contributed by atoms with van der Waals surface area (Å²) in [6.45, 7) is 15.9. The summed E-state index contributed by atoms with van der Waals surface area (Å²) in [7, 11) is 0. The van der Waals surface area contributed by atoms with Gasteiger partial charge in [-0.3, -0.25) is 4.79 Å². The van der Waals surface area contributed by atoms with Crippen LogP contribution in [0.1, 0.15) is 54.9 Å². The second-order valence-corrected chi connectivity index (χ2v) is 7.87. The summed E-state index contributed by atoms with van der Waals surface area (Å²) in [5, 5.41) is 0. The van der Waals surface area contributed by atoms with Crippen molar-refractivity contribution in [3.8, 4) is 0 Å². The first-order chi connectivity index (χ1) is 7.96. The highest BCUT2D eigenvalue weighted by Gasteiger charge is 2.48. The third kappa shape index (κ3) is 3.98. The van der Waals surface area contributed by atoms with E-state index in [2.05, 4.69) is 41.5 Å². The Morgan fingerprint density at radius 1 is 1.17 bits per heavy atom. The summed E-state index contributed by atoms with van der Waals surface area (Å²) >= 11 is 0. The van der Waals surface area contributed by atoms with Gasteiger partial charge in [0, 0.05) is 0 Å². The van der Waals surface area contributed by atoms with Gasteiger partial charge in [-0.05, 0) is 24.2 Å². The third-order valence-electron chi connectivity index (χ3n) is 3.79. The highest BCUT2D eigenvalue weighted by Crippen LogP contribution is 2.47. The second kappa shape index (κ2) is 4.84. The van der Waals surface area contributed by atoms with Crippen LogP contribution in [-0.2, 0) is 14.3 Å². The zero-order valence-electron chi connectivity index (χ0n) is 12.9. The predicted octanol–water partition coefficient (Wildman–Crippen LogP) is 3.42. The maximum absolute atomic E-state index is 12.4. The van der Waals surface area contributed by atoms with E-state index in [4.69, 9.17) is 9.47 Å². The van der Waals surface area contributed by atoms with Crippen molar-refractivity contribution in [3.63, 3.8) is 0 Å². The molecule has 0 spiro atoms. The monoisotopic (exact) mass is 256 g/mol. The molecule has 2 unspecified atom stereocenters. The van der Waals surface area contributed by atoms with E-state index in [9.17, 15) is 4.79 Å². The van der Waals surface area contributed by atoms with Crippen LogP contribution in [0.3, 0.4) is 0 Å². The van der Waals surface area contributed by atoms with Gasteiger partial charge >= 0.3 is 5.97 Å². The zero-order chi connectivity index (χ0) is 14.2. The lowest BCUT2D eigenvalue weighted by Gasteiger charge is -2.43. The lowest BCUT2D eigenvalue weighted by atomic mass is 9.61. The first kappa shape index (κ1) is 15.5. The van der Waals surface area contributed by atoms with Crippen LogP contribution in [0.4, 0.5) is 0 Å². The Hall–Kier alpha value is -0.570. The molecule has 18 heavy (non-hydrogen) atoms. The molecule has 1 rings (SSSR count). The lowest BCUT2D eigenvalue weighted by molar-refractivity contribution is -0.165. The van der Waals surface area contributed by atoms with Crippen molar-refractivity contribution < 1.29 is 14.3 Å². The first-order valence-electron chi connectivity index (χ1n) is 6.74. The molecule has 1 aliphatic heterocycles. The van der Waals surface area contributed by atoms with Gasteiger partial charge in [0.1, 0.15) is 12.7 Å². The van der Waals surface area contributed by atoms with Crippen molar-refractivity contribution in [2.45, 2.75) is 61.0 Å². The van der Waals surface area contributed by atoms with Gasteiger partial charge in [-0.2, -0.15) is 0 Å². The fourth-order valence-electron chi connectivity index (χ4n) is 2.20. The van der Waals surface area contributed by atoms with Gasteiger partial charge in [0.15, 0.2) is 0 Å². The number of ether oxygens (including phenoxy) is 2. The first-order valence-corrected chi connectivity index (χ1v) is 6.74. The van der Waals surface area contributed by atoms with Crippen LogP contribution in [0.25, 0.3) is 0 Å². The normalized spacial score (nSPS) is 23.4. The molecule has 0 amide bonds. The number of hydrogen-bond donors (Lipinski definition) is 0. The van der Waals surface area contributed by atoms with Gasteiger partial charge in [0.2, 0.25) is 0 Å². The maximum Gasteiger partial charge on any atom is 0.312 e. The standard InChI is InChI=1S/C15H28O3/c1-13(2,3)10-15(7,14(4,5)6)12(16)18-9-11-8-17-11/h11H,8-10H2,1-7H3. The molecule has 0 aromatic carbocycles. The minimum absolute atomic E-state index is 0.0944. The van der Waals surface area contributed by atoms with E-state index >= 15 is 0 Å². The van der Waals surface area contributed by atoms with Gasteiger partial charge in [-0.1, -0.05) is 41.5 Å². The molecule has 0 bridgehead atoms. The Morgan fingerprint density at radius 3 is 2.00 bits per heavy atom. The summed E-state index contributed by atoms with van der Waals surface area (Å²) < 4.78 is 10.5. The summed E-state index contributed by atoms with van der Waals surface area (Å²) in [5.41, 5.74) is -0.501. The van der Waals surface area contributed by atoms with E-state index in [1.807, 2.05) is 6.92 Å². The molecule has 2 atom stereocenters. The topological polar surface area (TPSA) is 38.8 Å². The molecule has 1 aliphatic rings. The molecule has 0 aliphatic carbocycles. The van der Waals surface area contributed by atoms with Gasteiger partial charge in [-0.25, -0.2) is 0 Å². The Labute approximate surface area is 111 Å². The molecule has 3 nitrogen and oxygen atoms in total. The van der Waals surface area contributed by atoms with E-state index in [0.717, 1.165) is 13.0 Å². The van der Waals surface area contributed by atoms with E-state index < -0.39 is 5.41 Å². The van der Waals surface area contributed by atoms with Crippen molar-refractivity contribution in [3.05, 3.63) is 0 Å². The molecule has 3 heteroatoms. The molecule has 0 aromatic rings. The van der Waals surface area contributed by atoms with Gasteiger partial charge in [-0.15, -0.1) is 0 Å². The second-order valence-electron chi connectivity index (χ2n) is 7.87. The smallest absolute Gasteiger partial charge is 0.312 e. The van der Waals surface area contributed by atoms with Crippen LogP contribution in [0.5, 0.6) is 0 Å².